The highest BCUT2D eigenvalue weighted by atomic mass is 16.2. The number of piperazine rings is 1. The van der Waals surface area contributed by atoms with E-state index in [-0.39, 0.29) is 17.9 Å². The minimum absolute atomic E-state index is 0.0149. The molecule has 0 saturated carbocycles. The second kappa shape index (κ2) is 7.77. The highest BCUT2D eigenvalue weighted by Crippen LogP contribution is 2.16. The Morgan fingerprint density at radius 1 is 1.07 bits per heavy atom. The second-order valence-corrected chi connectivity index (χ2v) is 6.93. The first-order valence-corrected chi connectivity index (χ1v) is 9.24. The number of nitrogens with one attached hydrogen (secondary N) is 1. The molecule has 1 N–H and O–H groups in total. The number of hydrogen-bond donors (Lipinski definition) is 1. The normalized spacial score (nSPS) is 15.0. The minimum Gasteiger partial charge on any atom is -0.354 e. The van der Waals surface area contributed by atoms with Crippen LogP contribution in [0.15, 0.2) is 53.6 Å². The van der Waals surface area contributed by atoms with Gasteiger partial charge in [-0.25, -0.2) is 4.98 Å². The molecule has 28 heavy (non-hydrogen) atoms. The number of hydrogen-bond acceptors (Lipinski definition) is 6. The number of likely N-dealkylation sites (N-methyl/N-ethyl adjacent to an activating group) is 1. The molecule has 144 valence electrons. The average Bonchev–Trinajstić information content (AvgIpc) is 2.72. The lowest BCUT2D eigenvalue weighted by Gasteiger charge is -2.33. The van der Waals surface area contributed by atoms with E-state index in [9.17, 15) is 9.59 Å². The zero-order valence-corrected chi connectivity index (χ0v) is 15.7. The van der Waals surface area contributed by atoms with E-state index in [4.69, 9.17) is 0 Å². The number of carbonyl (C=O) groups excluding carboxylic acids is 1. The van der Waals surface area contributed by atoms with Gasteiger partial charge >= 0.3 is 0 Å². The van der Waals surface area contributed by atoms with Gasteiger partial charge in [0.2, 0.25) is 11.3 Å². The van der Waals surface area contributed by atoms with Gasteiger partial charge < -0.3 is 15.1 Å². The van der Waals surface area contributed by atoms with Gasteiger partial charge in [0.15, 0.2) is 0 Å². The van der Waals surface area contributed by atoms with E-state index in [2.05, 4.69) is 32.2 Å². The summed E-state index contributed by atoms with van der Waals surface area (Å²) in [7, 11) is 2.12. The molecule has 4 rings (SSSR count). The zero-order valence-electron chi connectivity index (χ0n) is 15.7. The number of nitrogens with zero attached hydrogens (tertiary/aromatic N) is 5. The predicted octanol–water partition coefficient (Wildman–Crippen LogP) is 1.18. The summed E-state index contributed by atoms with van der Waals surface area (Å²) in [6.45, 7) is 3.93. The van der Waals surface area contributed by atoms with Crippen molar-refractivity contribution in [3.63, 3.8) is 0 Å². The number of rotatable bonds is 4. The molecule has 1 aromatic carbocycles. The number of amides is 1. The van der Waals surface area contributed by atoms with Crippen LogP contribution in [-0.4, -0.2) is 58.8 Å². The van der Waals surface area contributed by atoms with Crippen LogP contribution in [0, 0.1) is 0 Å². The highest BCUT2D eigenvalue weighted by molar-refractivity contribution is 5.91. The van der Waals surface area contributed by atoms with Gasteiger partial charge in [0.05, 0.1) is 23.6 Å². The second-order valence-electron chi connectivity index (χ2n) is 6.93. The average molecular weight is 378 g/mol. The number of carbonyl (C=O) groups is 1. The van der Waals surface area contributed by atoms with Gasteiger partial charge in [0, 0.05) is 31.6 Å². The molecule has 3 heterocycles. The maximum atomic E-state index is 12.4. The van der Waals surface area contributed by atoms with Crippen LogP contribution in [-0.2, 0) is 11.3 Å². The maximum Gasteiger partial charge on any atom is 0.246 e. The third-order valence-corrected chi connectivity index (χ3v) is 4.91. The highest BCUT2D eigenvalue weighted by Gasteiger charge is 2.15. The summed E-state index contributed by atoms with van der Waals surface area (Å²) in [5, 5.41) is 7.47. The third-order valence-electron chi connectivity index (χ3n) is 4.91. The molecule has 2 aromatic heterocycles. The molecule has 1 aliphatic rings. The summed E-state index contributed by atoms with van der Waals surface area (Å²) >= 11 is 0. The van der Waals surface area contributed by atoms with Crippen LogP contribution in [0.5, 0.6) is 0 Å². The Labute approximate surface area is 162 Å². The molecule has 1 saturated heterocycles. The molecule has 1 fully saturated rings. The van der Waals surface area contributed by atoms with Crippen molar-refractivity contribution in [1.29, 1.82) is 0 Å². The van der Waals surface area contributed by atoms with Crippen molar-refractivity contribution in [3.8, 4) is 0 Å². The molecule has 0 radical (unpaired) electrons. The lowest BCUT2D eigenvalue weighted by molar-refractivity contribution is -0.116. The summed E-state index contributed by atoms with van der Waals surface area (Å²) in [4.78, 5) is 33.3. The molecule has 1 aliphatic heterocycles. The van der Waals surface area contributed by atoms with E-state index >= 15 is 0 Å². The van der Waals surface area contributed by atoms with E-state index < -0.39 is 0 Å². The van der Waals surface area contributed by atoms with Crippen LogP contribution in [0.2, 0.25) is 0 Å². The Bertz CT molecular complexity index is 1040. The molecule has 0 aliphatic carbocycles. The molecule has 3 aromatic rings. The number of aromatic nitrogens is 3. The van der Waals surface area contributed by atoms with Gasteiger partial charge in [0.25, 0.3) is 0 Å². The SMILES string of the molecule is CN1CCN(c2ccc(NC(=O)Cn3ncc(=O)c4ccccc43)cn2)CC1. The Morgan fingerprint density at radius 3 is 2.61 bits per heavy atom. The quantitative estimate of drug-likeness (QED) is 0.734. The fraction of sp³-hybridized carbons (Fsp3) is 0.300. The van der Waals surface area contributed by atoms with Crippen molar-refractivity contribution in [2.75, 3.05) is 43.4 Å². The first kappa shape index (κ1) is 18.1. The summed E-state index contributed by atoms with van der Waals surface area (Å²) < 4.78 is 1.53. The molecule has 0 bridgehead atoms. The molecule has 1 amide bonds. The number of para-hydroxylation sites is 1. The van der Waals surface area contributed by atoms with Crippen molar-refractivity contribution in [2.45, 2.75) is 6.54 Å². The van der Waals surface area contributed by atoms with Gasteiger partial charge in [-0.05, 0) is 31.3 Å². The van der Waals surface area contributed by atoms with Crippen LogP contribution in [0.1, 0.15) is 0 Å². The van der Waals surface area contributed by atoms with Gasteiger partial charge in [-0.15, -0.1) is 0 Å². The minimum atomic E-state index is -0.226. The van der Waals surface area contributed by atoms with Gasteiger partial charge in [-0.1, -0.05) is 12.1 Å². The molecule has 8 nitrogen and oxygen atoms in total. The Hall–Kier alpha value is -3.26. The van der Waals surface area contributed by atoms with Crippen molar-refractivity contribution in [3.05, 3.63) is 59.0 Å². The largest absolute Gasteiger partial charge is 0.354 e. The van der Waals surface area contributed by atoms with Gasteiger partial charge in [0.1, 0.15) is 12.4 Å². The first-order chi connectivity index (χ1) is 13.6. The summed E-state index contributed by atoms with van der Waals surface area (Å²) in [6.07, 6.45) is 2.91. The van der Waals surface area contributed by atoms with E-state index in [1.165, 1.54) is 10.9 Å². The van der Waals surface area contributed by atoms with Crippen molar-refractivity contribution in [2.24, 2.45) is 0 Å². The Morgan fingerprint density at radius 2 is 1.86 bits per heavy atom. The molecule has 0 spiro atoms. The van der Waals surface area contributed by atoms with E-state index in [1.54, 1.807) is 24.4 Å². The molecule has 8 heteroatoms. The van der Waals surface area contributed by atoms with Crippen molar-refractivity contribution < 1.29 is 4.79 Å². The van der Waals surface area contributed by atoms with Gasteiger partial charge in [-0.3, -0.25) is 14.3 Å². The number of anilines is 2. The van der Waals surface area contributed by atoms with E-state index in [0.29, 0.717) is 16.6 Å². The van der Waals surface area contributed by atoms with Gasteiger partial charge in [-0.2, -0.15) is 5.10 Å². The summed E-state index contributed by atoms with van der Waals surface area (Å²) in [5.74, 6) is 0.689. The topological polar surface area (TPSA) is 83.4 Å². The number of pyridine rings is 1. The fourth-order valence-corrected chi connectivity index (χ4v) is 3.31. The first-order valence-electron chi connectivity index (χ1n) is 9.24. The van der Waals surface area contributed by atoms with Crippen LogP contribution in [0.25, 0.3) is 10.9 Å². The van der Waals surface area contributed by atoms with Crippen LogP contribution < -0.4 is 15.6 Å². The lowest BCUT2D eigenvalue weighted by Crippen LogP contribution is -2.44. The molecule has 0 atom stereocenters. The lowest BCUT2D eigenvalue weighted by atomic mass is 10.2. The van der Waals surface area contributed by atoms with E-state index in [1.807, 2.05) is 18.2 Å². The molecular formula is C20H22N6O2. The van der Waals surface area contributed by atoms with Crippen molar-refractivity contribution >= 4 is 28.3 Å². The van der Waals surface area contributed by atoms with E-state index in [0.717, 1.165) is 32.0 Å². The number of benzene rings is 1. The van der Waals surface area contributed by atoms with Crippen LogP contribution >= 0.6 is 0 Å². The number of fused-ring (bicyclic) bond motifs is 1. The third kappa shape index (κ3) is 3.86. The standard InChI is InChI=1S/C20H22N6O2/c1-24-8-10-25(11-9-24)19-7-6-15(12-21-19)23-20(28)14-26-17-5-3-2-4-16(17)18(27)13-22-26/h2-7,12-13H,8-11,14H2,1H3,(H,23,28). The fourth-order valence-electron chi connectivity index (χ4n) is 3.31. The Kier molecular flexibility index (Phi) is 5.03. The van der Waals surface area contributed by atoms with Crippen molar-refractivity contribution in [1.82, 2.24) is 19.7 Å². The summed E-state index contributed by atoms with van der Waals surface area (Å²) in [6, 6.07) is 10.9. The summed E-state index contributed by atoms with van der Waals surface area (Å²) in [5.41, 5.74) is 1.11. The van der Waals surface area contributed by atoms with Crippen LogP contribution in [0.4, 0.5) is 11.5 Å². The smallest absolute Gasteiger partial charge is 0.246 e. The Balaban J connectivity index is 1.43. The molecule has 0 unspecified atom stereocenters. The zero-order chi connectivity index (χ0) is 19.5. The monoisotopic (exact) mass is 378 g/mol. The predicted molar refractivity (Wildman–Crippen MR) is 109 cm³/mol. The van der Waals surface area contributed by atoms with Crippen LogP contribution in [0.3, 0.4) is 0 Å². The maximum absolute atomic E-state index is 12.4. The molecular weight excluding hydrogens is 356 g/mol.